The van der Waals surface area contributed by atoms with E-state index >= 15 is 0 Å². The molecule has 0 radical (unpaired) electrons. The lowest BCUT2D eigenvalue weighted by atomic mass is 9.91. The van der Waals surface area contributed by atoms with E-state index < -0.39 is 5.97 Å². The number of carbonyl (C=O) groups is 1. The van der Waals surface area contributed by atoms with Crippen LogP contribution in [0.3, 0.4) is 0 Å². The Balaban J connectivity index is 2.68. The molecule has 2 aromatic carbocycles. The molecular weight excluding hydrogens is 348 g/mol. The molecular formula is C21H26O6. The number of carboxylic acid groups (broad SMARTS) is 1. The summed E-state index contributed by atoms with van der Waals surface area (Å²) in [5.41, 5.74) is 2.33. The van der Waals surface area contributed by atoms with Gasteiger partial charge in [0.15, 0.2) is 0 Å². The van der Waals surface area contributed by atoms with E-state index in [9.17, 15) is 9.90 Å². The van der Waals surface area contributed by atoms with Crippen LogP contribution in [-0.4, -0.2) is 39.5 Å². The van der Waals surface area contributed by atoms with Gasteiger partial charge in [0.1, 0.15) is 28.6 Å². The third kappa shape index (κ3) is 4.27. The molecule has 0 heterocycles. The third-order valence-corrected chi connectivity index (χ3v) is 4.38. The summed E-state index contributed by atoms with van der Waals surface area (Å²) in [4.78, 5) is 12.0. The van der Waals surface area contributed by atoms with Crippen molar-refractivity contribution in [3.05, 3.63) is 46.5 Å². The van der Waals surface area contributed by atoms with E-state index in [0.717, 1.165) is 11.1 Å². The largest absolute Gasteiger partial charge is 0.497 e. The Morgan fingerprint density at radius 3 is 1.93 bits per heavy atom. The Kier molecular flexibility index (Phi) is 6.55. The average Bonchev–Trinajstić information content (AvgIpc) is 2.65. The van der Waals surface area contributed by atoms with E-state index in [1.165, 1.54) is 7.11 Å². The van der Waals surface area contributed by atoms with E-state index in [1.54, 1.807) is 33.5 Å². The fraction of sp³-hybridized carbons (Fsp3) is 0.381. The number of hydrogen-bond acceptors (Lipinski definition) is 5. The minimum absolute atomic E-state index is 0.0407. The van der Waals surface area contributed by atoms with Crippen LogP contribution in [0, 0.1) is 0 Å². The quantitative estimate of drug-likeness (QED) is 0.749. The van der Waals surface area contributed by atoms with Crippen molar-refractivity contribution < 1.29 is 28.8 Å². The van der Waals surface area contributed by atoms with Gasteiger partial charge in [0.05, 0.1) is 28.4 Å². The molecule has 0 spiro atoms. The molecule has 27 heavy (non-hydrogen) atoms. The monoisotopic (exact) mass is 374 g/mol. The summed E-state index contributed by atoms with van der Waals surface area (Å²) in [5.74, 6) is 1.22. The Labute approximate surface area is 159 Å². The van der Waals surface area contributed by atoms with Crippen LogP contribution in [0.25, 0.3) is 0 Å². The highest BCUT2D eigenvalue weighted by Gasteiger charge is 2.26. The van der Waals surface area contributed by atoms with Crippen LogP contribution in [0.15, 0.2) is 24.3 Å². The first-order valence-corrected chi connectivity index (χ1v) is 8.59. The molecule has 0 fully saturated rings. The van der Waals surface area contributed by atoms with Gasteiger partial charge in [-0.3, -0.25) is 0 Å². The average molecular weight is 374 g/mol. The number of aromatic carboxylic acids is 1. The predicted molar refractivity (Wildman–Crippen MR) is 103 cm³/mol. The van der Waals surface area contributed by atoms with Crippen LogP contribution in [-0.2, 0) is 6.42 Å². The smallest absolute Gasteiger partial charge is 0.339 e. The number of methoxy groups -OCH3 is 4. The summed E-state index contributed by atoms with van der Waals surface area (Å²) in [5, 5.41) is 9.86. The summed E-state index contributed by atoms with van der Waals surface area (Å²) in [6.07, 6.45) is 0.361. The first kappa shape index (κ1) is 20.4. The fourth-order valence-electron chi connectivity index (χ4n) is 3.19. The molecule has 0 bridgehead atoms. The number of benzene rings is 2. The van der Waals surface area contributed by atoms with Gasteiger partial charge in [0, 0.05) is 11.6 Å². The summed E-state index contributed by atoms with van der Waals surface area (Å²) in [6, 6.07) is 7.24. The molecule has 0 aromatic heterocycles. The summed E-state index contributed by atoms with van der Waals surface area (Å²) >= 11 is 0. The Hall–Kier alpha value is -2.89. The number of rotatable bonds is 8. The molecule has 6 heteroatoms. The molecule has 0 saturated heterocycles. The van der Waals surface area contributed by atoms with Gasteiger partial charge < -0.3 is 24.1 Å². The predicted octanol–water partition coefficient (Wildman–Crippen LogP) is 4.13. The van der Waals surface area contributed by atoms with Gasteiger partial charge in [-0.25, -0.2) is 4.79 Å². The lowest BCUT2D eigenvalue weighted by Gasteiger charge is -2.21. The summed E-state index contributed by atoms with van der Waals surface area (Å²) in [7, 11) is 6.19. The second kappa shape index (κ2) is 8.66. The van der Waals surface area contributed by atoms with E-state index in [-0.39, 0.29) is 11.5 Å². The van der Waals surface area contributed by atoms with Crippen molar-refractivity contribution in [2.24, 2.45) is 0 Å². The van der Waals surface area contributed by atoms with Crippen molar-refractivity contribution in [3.8, 4) is 23.0 Å². The van der Waals surface area contributed by atoms with Crippen LogP contribution in [0.2, 0.25) is 0 Å². The maximum atomic E-state index is 12.0. The SMILES string of the molecule is COc1cc(Cc2cc(OC)c(C(C)C)c(OC)c2C(=O)O)cc(OC)c1. The zero-order chi connectivity index (χ0) is 20.1. The van der Waals surface area contributed by atoms with Crippen molar-refractivity contribution >= 4 is 5.97 Å². The second-order valence-corrected chi connectivity index (χ2v) is 6.42. The fourth-order valence-corrected chi connectivity index (χ4v) is 3.19. The van der Waals surface area contributed by atoms with E-state index in [1.807, 2.05) is 26.0 Å². The van der Waals surface area contributed by atoms with E-state index in [0.29, 0.717) is 35.0 Å². The van der Waals surface area contributed by atoms with Gasteiger partial charge in [-0.1, -0.05) is 13.8 Å². The lowest BCUT2D eigenvalue weighted by Crippen LogP contribution is -2.11. The van der Waals surface area contributed by atoms with Crippen molar-refractivity contribution in [2.75, 3.05) is 28.4 Å². The zero-order valence-corrected chi connectivity index (χ0v) is 16.6. The highest BCUT2D eigenvalue weighted by Crippen LogP contribution is 2.41. The van der Waals surface area contributed by atoms with Gasteiger partial charge in [-0.15, -0.1) is 0 Å². The lowest BCUT2D eigenvalue weighted by molar-refractivity contribution is 0.0692. The molecule has 0 saturated carbocycles. The molecule has 0 unspecified atom stereocenters. The highest BCUT2D eigenvalue weighted by molar-refractivity contribution is 5.94. The molecule has 2 rings (SSSR count). The van der Waals surface area contributed by atoms with Crippen molar-refractivity contribution in [2.45, 2.75) is 26.2 Å². The Bertz CT molecular complexity index is 804. The zero-order valence-electron chi connectivity index (χ0n) is 16.6. The van der Waals surface area contributed by atoms with Crippen molar-refractivity contribution in [1.82, 2.24) is 0 Å². The van der Waals surface area contributed by atoms with E-state index in [2.05, 4.69) is 0 Å². The second-order valence-electron chi connectivity index (χ2n) is 6.42. The number of carboxylic acids is 1. The van der Waals surface area contributed by atoms with Crippen molar-refractivity contribution in [1.29, 1.82) is 0 Å². The molecule has 0 atom stereocenters. The van der Waals surface area contributed by atoms with Crippen LogP contribution < -0.4 is 18.9 Å². The summed E-state index contributed by atoms with van der Waals surface area (Å²) < 4.78 is 21.6. The first-order chi connectivity index (χ1) is 12.9. The van der Waals surface area contributed by atoms with Crippen LogP contribution in [0.4, 0.5) is 0 Å². The molecule has 0 aliphatic heterocycles. The van der Waals surface area contributed by atoms with Crippen molar-refractivity contribution in [3.63, 3.8) is 0 Å². The normalized spacial score (nSPS) is 10.6. The number of ether oxygens (including phenoxy) is 4. The highest BCUT2D eigenvalue weighted by atomic mass is 16.5. The number of hydrogen-bond donors (Lipinski definition) is 1. The molecule has 1 N–H and O–H groups in total. The summed E-state index contributed by atoms with van der Waals surface area (Å²) in [6.45, 7) is 3.94. The minimum Gasteiger partial charge on any atom is -0.497 e. The van der Waals surface area contributed by atoms with Gasteiger partial charge in [-0.05, 0) is 41.7 Å². The van der Waals surface area contributed by atoms with Gasteiger partial charge in [0.25, 0.3) is 0 Å². The van der Waals surface area contributed by atoms with Crippen LogP contribution in [0.5, 0.6) is 23.0 Å². The Morgan fingerprint density at radius 2 is 1.52 bits per heavy atom. The van der Waals surface area contributed by atoms with Gasteiger partial charge >= 0.3 is 5.97 Å². The first-order valence-electron chi connectivity index (χ1n) is 8.59. The molecule has 0 aliphatic carbocycles. The maximum absolute atomic E-state index is 12.0. The molecule has 6 nitrogen and oxygen atoms in total. The van der Waals surface area contributed by atoms with Gasteiger partial charge in [-0.2, -0.15) is 0 Å². The molecule has 2 aromatic rings. The van der Waals surface area contributed by atoms with Crippen LogP contribution >= 0.6 is 0 Å². The molecule has 146 valence electrons. The minimum atomic E-state index is -1.04. The topological polar surface area (TPSA) is 74.2 Å². The Morgan fingerprint density at radius 1 is 0.926 bits per heavy atom. The standard InChI is InChI=1S/C21H26O6/c1-12(2)18-17(26-5)10-14(19(21(22)23)20(18)27-6)7-13-8-15(24-3)11-16(9-13)25-4/h8-12H,7H2,1-6H3,(H,22,23). The maximum Gasteiger partial charge on any atom is 0.339 e. The van der Waals surface area contributed by atoms with E-state index in [4.69, 9.17) is 18.9 Å². The molecule has 0 amide bonds. The third-order valence-electron chi connectivity index (χ3n) is 4.38. The molecule has 0 aliphatic rings. The van der Waals surface area contributed by atoms with Gasteiger partial charge in [0.2, 0.25) is 0 Å². The van der Waals surface area contributed by atoms with Crippen LogP contribution in [0.1, 0.15) is 46.8 Å².